The number of unbranched alkanes of at least 4 members (excludes halogenated alkanes) is 1. The van der Waals surface area contributed by atoms with Crippen LogP contribution < -0.4 is 31.5 Å². The molecule has 2 saturated heterocycles. The largest absolute Gasteiger partial charge is 0.756 e. The maximum Gasteiger partial charge on any atom is 0.325 e. The molecule has 254 valence electrons. The lowest BCUT2D eigenvalue weighted by Crippen LogP contribution is -2.64. The number of ether oxygens (including phenoxy) is 2. The van der Waals surface area contributed by atoms with Gasteiger partial charge in [0.1, 0.15) is 42.7 Å². The van der Waals surface area contributed by atoms with Gasteiger partial charge in [-0.3, -0.25) is 23.3 Å². The molecule has 0 aromatic carbocycles. The van der Waals surface area contributed by atoms with Gasteiger partial charge in [-0.15, -0.1) is 0 Å². The van der Waals surface area contributed by atoms with E-state index in [2.05, 4.69) is 29.3 Å². The van der Waals surface area contributed by atoms with Crippen molar-refractivity contribution in [1.29, 1.82) is 0 Å². The summed E-state index contributed by atoms with van der Waals surface area (Å²) in [4.78, 5) is 50.2. The average Bonchev–Trinajstić information content (AvgIpc) is 3.22. The van der Waals surface area contributed by atoms with Crippen molar-refractivity contribution in [2.75, 3.05) is 26.8 Å². The van der Waals surface area contributed by atoms with Crippen molar-refractivity contribution in [2.45, 2.75) is 80.6 Å². The van der Waals surface area contributed by atoms with Crippen molar-refractivity contribution in [3.05, 3.63) is 12.3 Å². The standard InChI is InChI=1S/C21H39N5O16P2/c1-23-6-3-2-4-13(28)25-14-17(31)15(29)10(8-27)40-20(14)41-44(36,37)42-43(34,35)38-9-11-16(30)18(32)19(39-11)26-7-5-12(22)24-21(26)33/h5,7,10-12,14-20,23,27,29-32H,2-4,6,8-9,22H2,1H3,(H,24,33)(H,25,28)(H,34,35)(H,36,37)/p-2/t10?,11?,12?,14?,15-,16?,17+,18?,19?,20-/m0/s1. The van der Waals surface area contributed by atoms with Crippen LogP contribution in [0.4, 0.5) is 4.79 Å². The van der Waals surface area contributed by atoms with Gasteiger partial charge in [-0.05, 0) is 32.5 Å². The van der Waals surface area contributed by atoms with E-state index in [-0.39, 0.29) is 6.42 Å². The number of nitrogens with two attached hydrogens (primary N) is 1. The van der Waals surface area contributed by atoms with Crippen LogP contribution in [0.15, 0.2) is 12.3 Å². The van der Waals surface area contributed by atoms with Crippen LogP contribution in [-0.2, 0) is 36.8 Å². The Morgan fingerprint density at radius 3 is 2.41 bits per heavy atom. The molecule has 23 heteroatoms. The number of carbonyl (C=O) groups excluding carboxylic acids is 2. The summed E-state index contributed by atoms with van der Waals surface area (Å²) in [5.74, 6) is -0.688. The highest BCUT2D eigenvalue weighted by atomic mass is 31.3. The molecular weight excluding hydrogens is 640 g/mol. The molecule has 3 heterocycles. The third-order valence-electron chi connectivity index (χ3n) is 6.71. The lowest BCUT2D eigenvalue weighted by molar-refractivity contribution is -0.285. The number of aliphatic hydroxyl groups is 5. The number of phosphoric ester groups is 2. The highest BCUT2D eigenvalue weighted by molar-refractivity contribution is 7.59. The summed E-state index contributed by atoms with van der Waals surface area (Å²) in [7, 11) is -10.1. The van der Waals surface area contributed by atoms with Crippen LogP contribution in [0.1, 0.15) is 19.3 Å². The highest BCUT2D eigenvalue weighted by Crippen LogP contribution is 2.57. The van der Waals surface area contributed by atoms with Gasteiger partial charge in [0.15, 0.2) is 12.5 Å². The van der Waals surface area contributed by atoms with Gasteiger partial charge in [0.05, 0.1) is 19.4 Å². The van der Waals surface area contributed by atoms with Crippen LogP contribution >= 0.6 is 15.6 Å². The molecule has 3 rings (SSSR count). The smallest absolute Gasteiger partial charge is 0.325 e. The summed E-state index contributed by atoms with van der Waals surface area (Å²) in [6.45, 7) is -1.40. The maximum atomic E-state index is 12.5. The van der Waals surface area contributed by atoms with Crippen LogP contribution in [0.3, 0.4) is 0 Å². The summed E-state index contributed by atoms with van der Waals surface area (Å²) in [5.41, 5.74) is 5.54. The van der Waals surface area contributed by atoms with Crippen molar-refractivity contribution in [3.8, 4) is 0 Å². The molecule has 3 amide bonds. The molecule has 12 atom stereocenters. The van der Waals surface area contributed by atoms with Gasteiger partial charge in [0.2, 0.25) is 5.91 Å². The quantitative estimate of drug-likeness (QED) is 0.0576. The number of hydrogen-bond acceptors (Lipinski definition) is 18. The number of aliphatic hydroxyl groups excluding tert-OH is 5. The Bertz CT molecular complexity index is 1120. The van der Waals surface area contributed by atoms with Crippen LogP contribution in [0.2, 0.25) is 0 Å². The number of phosphoric acid groups is 2. The first-order valence-electron chi connectivity index (χ1n) is 13.4. The molecule has 0 radical (unpaired) electrons. The number of urea groups is 1. The second-order valence-electron chi connectivity index (χ2n) is 10.0. The SMILES string of the molecule is CNCCCCC(=O)NC1[C@H](OP(=O)([O-])OP(=O)([O-])OCC2OC(N3C=CC(N)NC3=O)C(O)C2O)OC(CO)[C@H](O)[C@@H]1O. The minimum absolute atomic E-state index is 0.0663. The van der Waals surface area contributed by atoms with E-state index in [1.165, 1.54) is 12.3 Å². The minimum Gasteiger partial charge on any atom is -0.756 e. The van der Waals surface area contributed by atoms with Crippen molar-refractivity contribution in [2.24, 2.45) is 5.73 Å². The first-order valence-corrected chi connectivity index (χ1v) is 16.3. The predicted molar refractivity (Wildman–Crippen MR) is 139 cm³/mol. The van der Waals surface area contributed by atoms with Crippen LogP contribution in [0.25, 0.3) is 0 Å². The minimum atomic E-state index is -5.96. The number of nitrogens with zero attached hydrogens (tertiary/aromatic N) is 1. The lowest BCUT2D eigenvalue weighted by atomic mass is 9.97. The fraction of sp³-hybridized carbons (Fsp3) is 0.810. The van der Waals surface area contributed by atoms with E-state index in [0.29, 0.717) is 19.4 Å². The van der Waals surface area contributed by atoms with Crippen molar-refractivity contribution >= 4 is 27.6 Å². The third-order valence-corrected chi connectivity index (χ3v) is 9.24. The van der Waals surface area contributed by atoms with E-state index >= 15 is 0 Å². The van der Waals surface area contributed by atoms with E-state index in [4.69, 9.17) is 15.2 Å². The number of nitrogens with one attached hydrogen (secondary N) is 3. The summed E-state index contributed by atoms with van der Waals surface area (Å²) >= 11 is 0. The second-order valence-corrected chi connectivity index (χ2v) is 12.9. The zero-order valence-electron chi connectivity index (χ0n) is 23.3. The van der Waals surface area contributed by atoms with Gasteiger partial charge in [-0.2, -0.15) is 0 Å². The van der Waals surface area contributed by atoms with Gasteiger partial charge in [0, 0.05) is 12.6 Å². The zero-order valence-corrected chi connectivity index (χ0v) is 25.1. The Balaban J connectivity index is 1.62. The van der Waals surface area contributed by atoms with Gasteiger partial charge in [-0.1, -0.05) is 0 Å². The fourth-order valence-electron chi connectivity index (χ4n) is 4.44. The monoisotopic (exact) mass is 677 g/mol. The molecule has 0 aromatic heterocycles. The number of rotatable bonds is 15. The molecule has 3 aliphatic rings. The molecule has 0 bridgehead atoms. The van der Waals surface area contributed by atoms with Gasteiger partial charge in [0.25, 0.3) is 15.6 Å². The lowest BCUT2D eigenvalue weighted by Gasteiger charge is -2.44. The highest BCUT2D eigenvalue weighted by Gasteiger charge is 2.49. The normalized spacial score (nSPS) is 36.8. The molecule has 21 nitrogen and oxygen atoms in total. The maximum absolute atomic E-state index is 12.5. The topological polar surface area (TPSA) is 327 Å². The molecule has 9 unspecified atom stereocenters. The van der Waals surface area contributed by atoms with Crippen LogP contribution in [-0.4, -0.2) is 131 Å². The molecule has 0 aliphatic carbocycles. The Hall–Kier alpha value is -1.62. The number of carbonyl (C=O) groups is 2. The summed E-state index contributed by atoms with van der Waals surface area (Å²) in [6, 6.07) is -2.55. The molecule has 10 N–H and O–H groups in total. The number of amides is 3. The predicted octanol–water partition coefficient (Wildman–Crippen LogP) is -5.44. The average molecular weight is 677 g/mol. The van der Waals surface area contributed by atoms with Crippen LogP contribution in [0.5, 0.6) is 0 Å². The van der Waals surface area contributed by atoms with Gasteiger partial charge < -0.3 is 71.0 Å². The molecular formula is C21H37N5O16P2-2. The Morgan fingerprint density at radius 2 is 1.77 bits per heavy atom. The summed E-state index contributed by atoms with van der Waals surface area (Å²) < 4.78 is 48.6. The second kappa shape index (κ2) is 15.8. The van der Waals surface area contributed by atoms with E-state index in [1.54, 1.807) is 7.05 Å². The van der Waals surface area contributed by atoms with Gasteiger partial charge in [-0.25, -0.2) is 9.11 Å². The molecule has 44 heavy (non-hydrogen) atoms. The fourth-order valence-corrected chi connectivity index (χ4v) is 6.53. The van der Waals surface area contributed by atoms with Crippen molar-refractivity contribution in [3.63, 3.8) is 0 Å². The Kier molecular flexibility index (Phi) is 13.2. The molecule has 0 saturated carbocycles. The Labute approximate surface area is 251 Å². The first kappa shape index (κ1) is 36.8. The van der Waals surface area contributed by atoms with Gasteiger partial charge >= 0.3 is 6.03 Å². The number of hydrogen-bond donors (Lipinski definition) is 9. The molecule has 0 aromatic rings. The van der Waals surface area contributed by atoms with E-state index in [1.807, 2.05) is 0 Å². The zero-order chi connectivity index (χ0) is 32.8. The molecule has 3 aliphatic heterocycles. The van der Waals surface area contributed by atoms with Crippen LogP contribution in [0, 0.1) is 0 Å². The van der Waals surface area contributed by atoms with E-state index in [0.717, 1.165) is 4.90 Å². The van der Waals surface area contributed by atoms with E-state index in [9.17, 15) is 54.0 Å². The molecule has 2 fully saturated rings. The van der Waals surface area contributed by atoms with Crippen molar-refractivity contribution in [1.82, 2.24) is 20.9 Å². The van der Waals surface area contributed by atoms with Crippen molar-refractivity contribution < 1.29 is 76.9 Å². The van der Waals surface area contributed by atoms with E-state index < -0.39 is 102 Å². The Morgan fingerprint density at radius 1 is 1.09 bits per heavy atom. The first-order chi connectivity index (χ1) is 20.6. The third kappa shape index (κ3) is 9.69. The summed E-state index contributed by atoms with van der Waals surface area (Å²) in [5, 5.41) is 58.1. The molecule has 0 spiro atoms. The summed E-state index contributed by atoms with van der Waals surface area (Å²) in [6.07, 6.45) is -11.5.